The SMILES string of the molecule is COC(=O)c1ccc(OCC(=O)N2CCC(N[C@H](C)c3cccc4ccccc34)C2)cc1. The van der Waals surface area contributed by atoms with Crippen molar-refractivity contribution in [2.45, 2.75) is 25.4 Å². The van der Waals surface area contributed by atoms with E-state index in [0.29, 0.717) is 24.4 Å². The van der Waals surface area contributed by atoms with Crippen molar-refractivity contribution in [2.24, 2.45) is 0 Å². The summed E-state index contributed by atoms with van der Waals surface area (Å²) in [4.78, 5) is 26.0. The van der Waals surface area contributed by atoms with Gasteiger partial charge in [-0.05, 0) is 53.9 Å². The van der Waals surface area contributed by atoms with Gasteiger partial charge in [0.2, 0.25) is 0 Å². The Kier molecular flexibility index (Phi) is 6.71. The van der Waals surface area contributed by atoms with Crippen molar-refractivity contribution in [3.8, 4) is 5.75 Å². The lowest BCUT2D eigenvalue weighted by molar-refractivity contribution is -0.132. The van der Waals surface area contributed by atoms with Gasteiger partial charge in [0.1, 0.15) is 5.75 Å². The van der Waals surface area contributed by atoms with Gasteiger partial charge < -0.3 is 19.7 Å². The van der Waals surface area contributed by atoms with E-state index in [1.54, 1.807) is 24.3 Å². The molecule has 6 heteroatoms. The third kappa shape index (κ3) is 4.92. The minimum absolute atomic E-state index is 0.0246. The molecular weight excluding hydrogens is 404 g/mol. The van der Waals surface area contributed by atoms with Crippen molar-refractivity contribution in [3.05, 3.63) is 77.9 Å². The Balaban J connectivity index is 1.29. The van der Waals surface area contributed by atoms with E-state index in [-0.39, 0.29) is 24.6 Å². The van der Waals surface area contributed by atoms with Gasteiger partial charge in [-0.3, -0.25) is 4.79 Å². The van der Waals surface area contributed by atoms with Crippen LogP contribution in [0.1, 0.15) is 35.3 Å². The standard InChI is InChI=1S/C26H28N2O4/c1-18(23-9-5-7-19-6-3-4-8-24(19)23)27-21-14-15-28(16-21)25(29)17-32-22-12-10-20(11-13-22)26(30)31-2/h3-13,18,21,27H,14-17H2,1-2H3/t18-,21?/m1/s1. The van der Waals surface area contributed by atoms with E-state index >= 15 is 0 Å². The monoisotopic (exact) mass is 432 g/mol. The maximum absolute atomic E-state index is 12.6. The second-order valence-corrected chi connectivity index (χ2v) is 8.09. The van der Waals surface area contributed by atoms with Crippen LogP contribution in [0.2, 0.25) is 0 Å². The molecule has 1 fully saturated rings. The zero-order valence-corrected chi connectivity index (χ0v) is 18.4. The third-order valence-electron chi connectivity index (χ3n) is 5.95. The summed E-state index contributed by atoms with van der Waals surface area (Å²) < 4.78 is 10.3. The van der Waals surface area contributed by atoms with E-state index in [0.717, 1.165) is 6.42 Å². The van der Waals surface area contributed by atoms with Crippen LogP contribution in [-0.4, -0.2) is 49.6 Å². The maximum atomic E-state index is 12.6. The van der Waals surface area contributed by atoms with Crippen LogP contribution in [0.25, 0.3) is 10.8 Å². The molecule has 3 aromatic carbocycles. The van der Waals surface area contributed by atoms with Crippen molar-refractivity contribution in [2.75, 3.05) is 26.8 Å². The number of nitrogens with zero attached hydrogens (tertiary/aromatic N) is 1. The van der Waals surface area contributed by atoms with E-state index < -0.39 is 5.97 Å². The second-order valence-electron chi connectivity index (χ2n) is 8.09. The number of carbonyl (C=O) groups excluding carboxylic acids is 2. The van der Waals surface area contributed by atoms with Gasteiger partial charge in [-0.2, -0.15) is 0 Å². The minimum atomic E-state index is -0.402. The average molecular weight is 433 g/mol. The van der Waals surface area contributed by atoms with Crippen LogP contribution >= 0.6 is 0 Å². The highest BCUT2D eigenvalue weighted by molar-refractivity contribution is 5.89. The van der Waals surface area contributed by atoms with Gasteiger partial charge in [-0.15, -0.1) is 0 Å². The Bertz CT molecular complexity index is 1090. The zero-order chi connectivity index (χ0) is 22.5. The predicted octanol–water partition coefficient (Wildman–Crippen LogP) is 3.96. The third-order valence-corrected chi connectivity index (χ3v) is 5.95. The highest BCUT2D eigenvalue weighted by atomic mass is 16.5. The Morgan fingerprint density at radius 1 is 1.06 bits per heavy atom. The van der Waals surface area contributed by atoms with Crippen LogP contribution in [0, 0.1) is 0 Å². The number of rotatable bonds is 7. The summed E-state index contributed by atoms with van der Waals surface area (Å²) >= 11 is 0. The Morgan fingerprint density at radius 2 is 1.81 bits per heavy atom. The van der Waals surface area contributed by atoms with Gasteiger partial charge >= 0.3 is 5.97 Å². The van der Waals surface area contributed by atoms with Gasteiger partial charge in [0, 0.05) is 25.2 Å². The van der Waals surface area contributed by atoms with Gasteiger partial charge in [0.05, 0.1) is 12.7 Å². The lowest BCUT2D eigenvalue weighted by atomic mass is 9.99. The van der Waals surface area contributed by atoms with E-state index in [2.05, 4.69) is 59.4 Å². The van der Waals surface area contributed by atoms with Gasteiger partial charge in [-0.1, -0.05) is 42.5 Å². The van der Waals surface area contributed by atoms with Crippen LogP contribution in [0.15, 0.2) is 66.7 Å². The van der Waals surface area contributed by atoms with Crippen molar-refractivity contribution >= 4 is 22.6 Å². The molecule has 0 aromatic heterocycles. The highest BCUT2D eigenvalue weighted by Crippen LogP contribution is 2.25. The molecule has 0 saturated carbocycles. The average Bonchev–Trinajstić information content (AvgIpc) is 3.30. The number of likely N-dealkylation sites (tertiary alicyclic amines) is 1. The normalized spacial score (nSPS) is 16.7. The number of benzene rings is 3. The second kappa shape index (κ2) is 9.83. The summed E-state index contributed by atoms with van der Waals surface area (Å²) in [5.74, 6) is 0.106. The fraction of sp³-hybridized carbons (Fsp3) is 0.308. The fourth-order valence-electron chi connectivity index (χ4n) is 4.24. The molecule has 1 N–H and O–H groups in total. The lowest BCUT2D eigenvalue weighted by Crippen LogP contribution is -2.38. The predicted molar refractivity (Wildman–Crippen MR) is 124 cm³/mol. The largest absolute Gasteiger partial charge is 0.484 e. The molecule has 6 nitrogen and oxygen atoms in total. The molecular formula is C26H28N2O4. The van der Waals surface area contributed by atoms with Crippen LogP contribution in [0.5, 0.6) is 5.75 Å². The van der Waals surface area contributed by atoms with E-state index in [1.165, 1.54) is 23.4 Å². The topological polar surface area (TPSA) is 67.9 Å². The highest BCUT2D eigenvalue weighted by Gasteiger charge is 2.27. The summed E-state index contributed by atoms with van der Waals surface area (Å²) in [6, 6.07) is 21.8. The van der Waals surface area contributed by atoms with Crippen molar-refractivity contribution < 1.29 is 19.1 Å². The van der Waals surface area contributed by atoms with Crippen molar-refractivity contribution in [1.82, 2.24) is 10.2 Å². The fourth-order valence-corrected chi connectivity index (χ4v) is 4.24. The first-order chi connectivity index (χ1) is 15.5. The first-order valence-electron chi connectivity index (χ1n) is 10.9. The number of nitrogens with one attached hydrogen (secondary N) is 1. The molecule has 166 valence electrons. The summed E-state index contributed by atoms with van der Waals surface area (Å²) in [6.45, 7) is 3.53. The number of methoxy groups -OCH3 is 1. The molecule has 1 heterocycles. The van der Waals surface area contributed by atoms with Crippen LogP contribution < -0.4 is 10.1 Å². The quantitative estimate of drug-likeness (QED) is 0.573. The molecule has 0 aliphatic carbocycles. The molecule has 32 heavy (non-hydrogen) atoms. The summed E-state index contributed by atoms with van der Waals surface area (Å²) in [6.07, 6.45) is 0.911. The molecule has 1 unspecified atom stereocenters. The molecule has 3 aromatic rings. The first kappa shape index (κ1) is 21.8. The first-order valence-corrected chi connectivity index (χ1v) is 10.9. The molecule has 1 aliphatic rings. The van der Waals surface area contributed by atoms with Gasteiger partial charge in [0.15, 0.2) is 6.61 Å². The molecule has 0 radical (unpaired) electrons. The Labute approximate surface area is 188 Å². The van der Waals surface area contributed by atoms with Crippen molar-refractivity contribution in [3.63, 3.8) is 0 Å². The number of hydrogen-bond donors (Lipinski definition) is 1. The smallest absolute Gasteiger partial charge is 0.337 e. The summed E-state index contributed by atoms with van der Waals surface area (Å²) in [5.41, 5.74) is 1.71. The number of fused-ring (bicyclic) bond motifs is 1. The molecule has 1 saturated heterocycles. The van der Waals surface area contributed by atoms with Gasteiger partial charge in [0.25, 0.3) is 5.91 Å². The Hall–Kier alpha value is -3.38. The number of carbonyl (C=O) groups is 2. The Morgan fingerprint density at radius 3 is 2.59 bits per heavy atom. The van der Waals surface area contributed by atoms with Gasteiger partial charge in [-0.25, -0.2) is 4.79 Å². The molecule has 0 spiro atoms. The summed E-state index contributed by atoms with van der Waals surface area (Å²) in [7, 11) is 1.34. The van der Waals surface area contributed by atoms with Crippen molar-refractivity contribution in [1.29, 1.82) is 0 Å². The molecule has 1 amide bonds. The molecule has 1 aliphatic heterocycles. The van der Waals surface area contributed by atoms with Crippen LogP contribution in [0.3, 0.4) is 0 Å². The molecule has 4 rings (SSSR count). The number of esters is 1. The van der Waals surface area contributed by atoms with E-state index in [1.807, 2.05) is 4.90 Å². The minimum Gasteiger partial charge on any atom is -0.484 e. The number of hydrogen-bond acceptors (Lipinski definition) is 5. The van der Waals surface area contributed by atoms with E-state index in [4.69, 9.17) is 4.74 Å². The number of ether oxygens (including phenoxy) is 2. The van der Waals surface area contributed by atoms with Crippen LogP contribution in [-0.2, 0) is 9.53 Å². The maximum Gasteiger partial charge on any atom is 0.337 e. The number of amides is 1. The van der Waals surface area contributed by atoms with E-state index in [9.17, 15) is 9.59 Å². The molecule has 2 atom stereocenters. The van der Waals surface area contributed by atoms with Crippen LogP contribution in [0.4, 0.5) is 0 Å². The summed E-state index contributed by atoms with van der Waals surface area (Å²) in [5, 5.41) is 6.18. The zero-order valence-electron chi connectivity index (χ0n) is 18.4. The lowest BCUT2D eigenvalue weighted by Gasteiger charge is -2.22. The molecule has 0 bridgehead atoms.